The Morgan fingerprint density at radius 1 is 1.00 bits per heavy atom. The normalized spacial score (nSPS) is 21.3. The van der Waals surface area contributed by atoms with Gasteiger partial charge in [-0.15, -0.1) is 0 Å². The summed E-state index contributed by atoms with van der Waals surface area (Å²) in [7, 11) is 0. The minimum atomic E-state index is -0.269. The van der Waals surface area contributed by atoms with Crippen molar-refractivity contribution in [1.82, 2.24) is 5.32 Å². The summed E-state index contributed by atoms with van der Waals surface area (Å²) in [5, 5.41) is 9.18. The van der Waals surface area contributed by atoms with E-state index in [9.17, 15) is 9.59 Å². The summed E-state index contributed by atoms with van der Waals surface area (Å²) < 4.78 is 5.79. The molecule has 0 aromatic heterocycles. The van der Waals surface area contributed by atoms with Crippen molar-refractivity contribution in [3.63, 3.8) is 0 Å². The second kappa shape index (κ2) is 7.80. The fourth-order valence-corrected chi connectivity index (χ4v) is 4.34. The summed E-state index contributed by atoms with van der Waals surface area (Å²) in [6.45, 7) is 2.77. The third-order valence-electron chi connectivity index (χ3n) is 5.93. The van der Waals surface area contributed by atoms with E-state index in [1.54, 1.807) is 6.07 Å². The topological polar surface area (TPSA) is 79.5 Å². The lowest BCUT2D eigenvalue weighted by atomic mass is 9.80. The minimum Gasteiger partial charge on any atom is -0.457 e. The molecule has 2 aliphatic rings. The molecule has 3 N–H and O–H groups in total. The van der Waals surface area contributed by atoms with Crippen molar-refractivity contribution in [3.05, 3.63) is 83.9 Å². The summed E-state index contributed by atoms with van der Waals surface area (Å²) in [4.78, 5) is 25.1. The average molecular weight is 413 g/mol. The van der Waals surface area contributed by atoms with Crippen LogP contribution in [-0.2, 0) is 4.79 Å². The number of hydrogen-bond acceptors (Lipinski definition) is 4. The van der Waals surface area contributed by atoms with Gasteiger partial charge >= 0.3 is 0 Å². The zero-order valence-corrected chi connectivity index (χ0v) is 17.1. The first-order chi connectivity index (χ1) is 15.1. The third-order valence-corrected chi connectivity index (χ3v) is 5.93. The van der Waals surface area contributed by atoms with Crippen LogP contribution < -0.4 is 20.7 Å². The molecule has 1 fully saturated rings. The molecule has 3 aromatic carbocycles. The summed E-state index contributed by atoms with van der Waals surface area (Å²) in [6.07, 6.45) is 0. The Hall–Kier alpha value is -3.80. The van der Waals surface area contributed by atoms with Gasteiger partial charge in [-0.2, -0.15) is 0 Å². The van der Waals surface area contributed by atoms with Crippen LogP contribution in [0.3, 0.4) is 0 Å². The molecule has 6 heteroatoms. The number of carbonyl (C=O) groups is 2. The average Bonchev–Trinajstić information content (AvgIpc) is 3.18. The summed E-state index contributed by atoms with van der Waals surface area (Å²) in [5.74, 6) is 1.66. The van der Waals surface area contributed by atoms with E-state index in [1.807, 2.05) is 66.7 Å². The Labute approximate surface area is 180 Å². The van der Waals surface area contributed by atoms with Crippen LogP contribution in [0.5, 0.6) is 11.5 Å². The molecule has 0 bridgehead atoms. The highest BCUT2D eigenvalue weighted by atomic mass is 16.5. The van der Waals surface area contributed by atoms with Crippen LogP contribution in [0.15, 0.2) is 72.8 Å². The first kappa shape index (κ1) is 19.2. The predicted molar refractivity (Wildman–Crippen MR) is 120 cm³/mol. The smallest absolute Gasteiger partial charge is 0.255 e. The number of anilines is 2. The Morgan fingerprint density at radius 2 is 1.74 bits per heavy atom. The summed E-state index contributed by atoms with van der Waals surface area (Å²) in [6, 6.07) is 22.1. The number of nitrogens with one attached hydrogen (secondary N) is 3. The molecular weight excluding hydrogens is 390 g/mol. The van der Waals surface area contributed by atoms with Gasteiger partial charge in [0, 0.05) is 29.4 Å². The molecule has 0 saturated carbocycles. The molecule has 156 valence electrons. The lowest BCUT2D eigenvalue weighted by Gasteiger charge is -2.31. The highest BCUT2D eigenvalue weighted by molar-refractivity contribution is 6.05. The number of carbonyl (C=O) groups excluding carboxylic acids is 2. The zero-order chi connectivity index (χ0) is 21.4. The van der Waals surface area contributed by atoms with Crippen LogP contribution in [0, 0.1) is 5.92 Å². The van der Waals surface area contributed by atoms with Gasteiger partial charge in [0.25, 0.3) is 5.91 Å². The first-order valence-electron chi connectivity index (χ1n) is 10.4. The molecule has 3 atom stereocenters. The quantitative estimate of drug-likeness (QED) is 0.593. The van der Waals surface area contributed by atoms with Crippen molar-refractivity contribution in [3.8, 4) is 11.5 Å². The van der Waals surface area contributed by atoms with Gasteiger partial charge in [0.05, 0.1) is 0 Å². The maximum atomic E-state index is 12.9. The monoisotopic (exact) mass is 413 g/mol. The Bertz CT molecular complexity index is 1130. The van der Waals surface area contributed by atoms with E-state index in [-0.39, 0.29) is 23.8 Å². The highest BCUT2D eigenvalue weighted by Gasteiger charge is 2.43. The van der Waals surface area contributed by atoms with Crippen LogP contribution in [0.25, 0.3) is 0 Å². The van der Waals surface area contributed by atoms with E-state index in [2.05, 4.69) is 22.9 Å². The molecule has 3 unspecified atom stereocenters. The summed E-state index contributed by atoms with van der Waals surface area (Å²) >= 11 is 0. The standard InChI is InChI=1S/C25H23N3O3/c1-15-14-26-25(30)23-22(15)20-13-16(7-12-21(20)28-23)24(29)27-17-8-10-19(11-9-17)31-18-5-3-2-4-6-18/h2-13,15,22-23,28H,14H2,1H3,(H,26,30)(H,27,29). The molecule has 0 aliphatic carbocycles. The molecule has 31 heavy (non-hydrogen) atoms. The molecule has 0 spiro atoms. The fourth-order valence-electron chi connectivity index (χ4n) is 4.34. The van der Waals surface area contributed by atoms with Crippen molar-refractivity contribution in [1.29, 1.82) is 0 Å². The van der Waals surface area contributed by atoms with E-state index >= 15 is 0 Å². The molecule has 1 saturated heterocycles. The lowest BCUT2D eigenvalue weighted by Crippen LogP contribution is -2.49. The molecule has 3 aromatic rings. The largest absolute Gasteiger partial charge is 0.457 e. The van der Waals surface area contributed by atoms with Gasteiger partial charge in [0.15, 0.2) is 0 Å². The second-order valence-corrected chi connectivity index (χ2v) is 8.07. The lowest BCUT2D eigenvalue weighted by molar-refractivity contribution is -0.124. The molecule has 6 nitrogen and oxygen atoms in total. The van der Waals surface area contributed by atoms with Gasteiger partial charge in [-0.3, -0.25) is 9.59 Å². The molecule has 2 heterocycles. The van der Waals surface area contributed by atoms with Crippen molar-refractivity contribution in [2.24, 2.45) is 5.92 Å². The van der Waals surface area contributed by atoms with Gasteiger partial charge < -0.3 is 20.7 Å². The molecule has 2 aliphatic heterocycles. The third kappa shape index (κ3) is 3.72. The number of hydrogen-bond donors (Lipinski definition) is 3. The number of benzene rings is 3. The first-order valence-corrected chi connectivity index (χ1v) is 10.4. The van der Waals surface area contributed by atoms with E-state index in [0.29, 0.717) is 29.5 Å². The van der Waals surface area contributed by atoms with Crippen LogP contribution in [0.4, 0.5) is 11.4 Å². The number of amides is 2. The van der Waals surface area contributed by atoms with E-state index in [0.717, 1.165) is 17.0 Å². The Morgan fingerprint density at radius 3 is 2.52 bits per heavy atom. The Kier molecular flexibility index (Phi) is 4.82. The summed E-state index contributed by atoms with van der Waals surface area (Å²) in [5.41, 5.74) is 3.22. The predicted octanol–water partition coefficient (Wildman–Crippen LogP) is 4.37. The second-order valence-electron chi connectivity index (χ2n) is 8.07. The fraction of sp³-hybridized carbons (Fsp3) is 0.200. The van der Waals surface area contributed by atoms with Gasteiger partial charge in [-0.1, -0.05) is 25.1 Å². The molecular formula is C25H23N3O3. The maximum absolute atomic E-state index is 12.9. The van der Waals surface area contributed by atoms with Gasteiger partial charge in [0.2, 0.25) is 5.91 Å². The highest BCUT2D eigenvalue weighted by Crippen LogP contribution is 2.42. The SMILES string of the molecule is CC1CNC(=O)C2Nc3ccc(C(=O)Nc4ccc(Oc5ccccc5)cc4)cc3C12. The van der Waals surface area contributed by atoms with Crippen LogP contribution in [0.1, 0.15) is 28.8 Å². The molecule has 5 rings (SSSR count). The minimum absolute atomic E-state index is 0.0168. The van der Waals surface area contributed by atoms with Crippen molar-refractivity contribution >= 4 is 23.2 Å². The van der Waals surface area contributed by atoms with Crippen LogP contribution in [0.2, 0.25) is 0 Å². The molecule has 0 radical (unpaired) electrons. The number of rotatable bonds is 4. The van der Waals surface area contributed by atoms with Gasteiger partial charge in [-0.25, -0.2) is 0 Å². The van der Waals surface area contributed by atoms with E-state index in [4.69, 9.17) is 4.74 Å². The zero-order valence-electron chi connectivity index (χ0n) is 17.1. The number of fused-ring (bicyclic) bond motifs is 3. The van der Waals surface area contributed by atoms with Crippen molar-refractivity contribution < 1.29 is 14.3 Å². The van der Waals surface area contributed by atoms with Crippen molar-refractivity contribution in [2.45, 2.75) is 18.9 Å². The number of ether oxygens (including phenoxy) is 1. The number of piperidine rings is 1. The van der Waals surface area contributed by atoms with E-state index < -0.39 is 0 Å². The van der Waals surface area contributed by atoms with Crippen LogP contribution in [-0.4, -0.2) is 24.4 Å². The van der Waals surface area contributed by atoms with Gasteiger partial charge in [0.1, 0.15) is 17.5 Å². The number of para-hydroxylation sites is 1. The maximum Gasteiger partial charge on any atom is 0.255 e. The van der Waals surface area contributed by atoms with Crippen LogP contribution >= 0.6 is 0 Å². The van der Waals surface area contributed by atoms with Gasteiger partial charge in [-0.05, 0) is 66.1 Å². The van der Waals surface area contributed by atoms with Crippen molar-refractivity contribution in [2.75, 3.05) is 17.2 Å². The Balaban J connectivity index is 1.30. The molecule has 2 amide bonds. The van der Waals surface area contributed by atoms with E-state index in [1.165, 1.54) is 0 Å².